The smallest absolute Gasteiger partial charge is 0.231 e. The molecule has 1 aliphatic rings. The van der Waals surface area contributed by atoms with Gasteiger partial charge in [-0.15, -0.1) is 0 Å². The van der Waals surface area contributed by atoms with Crippen LogP contribution in [0.25, 0.3) is 0 Å². The quantitative estimate of drug-likeness (QED) is 0.851. The number of halogens is 1. The van der Waals surface area contributed by atoms with Crippen molar-refractivity contribution in [2.45, 2.75) is 56.9 Å². The van der Waals surface area contributed by atoms with Gasteiger partial charge in [0.1, 0.15) is 0 Å². The molecule has 3 rings (SSSR count). The van der Waals surface area contributed by atoms with Crippen molar-refractivity contribution in [3.8, 4) is 0 Å². The highest BCUT2D eigenvalue weighted by atomic mass is 35.5. The molecule has 1 aromatic carbocycles. The summed E-state index contributed by atoms with van der Waals surface area (Å²) in [5.41, 5.74) is 1.67. The van der Waals surface area contributed by atoms with E-state index in [4.69, 9.17) is 11.6 Å². The van der Waals surface area contributed by atoms with Gasteiger partial charge in [0.2, 0.25) is 5.91 Å². The van der Waals surface area contributed by atoms with E-state index in [-0.39, 0.29) is 11.9 Å². The molecule has 1 saturated carbocycles. The van der Waals surface area contributed by atoms with Gasteiger partial charge in [0.05, 0.1) is 17.2 Å². The van der Waals surface area contributed by atoms with Crippen molar-refractivity contribution >= 4 is 17.5 Å². The second kappa shape index (κ2) is 7.61. The maximum Gasteiger partial charge on any atom is 0.231 e. The average Bonchev–Trinajstić information content (AvgIpc) is 3.06. The van der Waals surface area contributed by atoms with Crippen molar-refractivity contribution in [3.05, 3.63) is 52.8 Å². The molecule has 4 nitrogen and oxygen atoms in total. The maximum atomic E-state index is 13.4. The molecular weight excluding hydrogens is 334 g/mol. The summed E-state index contributed by atoms with van der Waals surface area (Å²) in [6.07, 6.45) is 7.75. The van der Waals surface area contributed by atoms with E-state index in [1.165, 1.54) is 6.42 Å². The van der Waals surface area contributed by atoms with Gasteiger partial charge < -0.3 is 5.32 Å². The van der Waals surface area contributed by atoms with Crippen molar-refractivity contribution in [1.82, 2.24) is 15.1 Å². The molecule has 25 heavy (non-hydrogen) atoms. The third-order valence-electron chi connectivity index (χ3n) is 5.47. The minimum absolute atomic E-state index is 0.0221. The number of carbonyl (C=O) groups is 1. The Kier molecular flexibility index (Phi) is 5.48. The molecule has 0 spiro atoms. The van der Waals surface area contributed by atoms with Gasteiger partial charge in [0.25, 0.3) is 0 Å². The highest BCUT2D eigenvalue weighted by Gasteiger charge is 2.41. The summed E-state index contributed by atoms with van der Waals surface area (Å²) in [7, 11) is 1.92. The molecule has 1 unspecified atom stereocenters. The number of nitrogens with one attached hydrogen (secondary N) is 1. The minimum atomic E-state index is -0.450. The first-order valence-corrected chi connectivity index (χ1v) is 9.49. The van der Waals surface area contributed by atoms with E-state index in [2.05, 4.69) is 17.3 Å². The molecule has 1 aromatic heterocycles. The van der Waals surface area contributed by atoms with Crippen molar-refractivity contribution < 1.29 is 4.79 Å². The molecule has 1 heterocycles. The van der Waals surface area contributed by atoms with Gasteiger partial charge in [0, 0.05) is 18.3 Å². The molecule has 134 valence electrons. The summed E-state index contributed by atoms with van der Waals surface area (Å²) in [5, 5.41) is 8.25. The summed E-state index contributed by atoms with van der Waals surface area (Å²) < 4.78 is 1.84. The maximum absolute atomic E-state index is 13.4. The van der Waals surface area contributed by atoms with Gasteiger partial charge in [0.15, 0.2) is 0 Å². The van der Waals surface area contributed by atoms with Crippen LogP contribution in [0.5, 0.6) is 0 Å². The fraction of sp³-hybridized carbons (Fsp3) is 0.500. The summed E-state index contributed by atoms with van der Waals surface area (Å²) in [6, 6.07) is 9.75. The van der Waals surface area contributed by atoms with E-state index in [0.717, 1.165) is 43.4 Å². The second-order valence-electron chi connectivity index (χ2n) is 6.96. The van der Waals surface area contributed by atoms with Gasteiger partial charge >= 0.3 is 0 Å². The van der Waals surface area contributed by atoms with Crippen LogP contribution in [-0.4, -0.2) is 15.7 Å². The molecule has 1 amide bonds. The van der Waals surface area contributed by atoms with Crippen molar-refractivity contribution in [2.75, 3.05) is 0 Å². The van der Waals surface area contributed by atoms with E-state index in [0.29, 0.717) is 5.02 Å². The number of aryl methyl sites for hydroxylation is 1. The van der Waals surface area contributed by atoms with Crippen LogP contribution < -0.4 is 5.32 Å². The largest absolute Gasteiger partial charge is 0.347 e. The second-order valence-corrected chi connectivity index (χ2v) is 7.40. The van der Waals surface area contributed by atoms with Gasteiger partial charge in [-0.1, -0.05) is 49.9 Å². The first kappa shape index (κ1) is 18.0. The fourth-order valence-electron chi connectivity index (χ4n) is 3.98. The molecule has 2 aromatic rings. The number of carbonyl (C=O) groups excluding carboxylic acids is 1. The number of amides is 1. The Morgan fingerprint density at radius 1 is 1.24 bits per heavy atom. The Hall–Kier alpha value is -1.81. The lowest BCUT2D eigenvalue weighted by atomic mass is 9.68. The Balaban J connectivity index is 1.89. The van der Waals surface area contributed by atoms with Crippen LogP contribution in [0.2, 0.25) is 5.02 Å². The molecule has 0 aliphatic heterocycles. The van der Waals surface area contributed by atoms with Gasteiger partial charge in [-0.2, -0.15) is 5.10 Å². The lowest BCUT2D eigenvalue weighted by Crippen LogP contribution is -2.47. The van der Waals surface area contributed by atoms with Crippen molar-refractivity contribution in [2.24, 2.45) is 7.05 Å². The molecule has 1 aliphatic carbocycles. The molecule has 0 bridgehead atoms. The van der Waals surface area contributed by atoms with Crippen LogP contribution in [0.15, 0.2) is 36.5 Å². The Bertz CT molecular complexity index is 717. The Morgan fingerprint density at radius 3 is 2.48 bits per heavy atom. The molecule has 1 fully saturated rings. The normalized spacial score (nSPS) is 17.9. The zero-order valence-electron chi connectivity index (χ0n) is 15.0. The van der Waals surface area contributed by atoms with Crippen molar-refractivity contribution in [1.29, 1.82) is 0 Å². The topological polar surface area (TPSA) is 46.9 Å². The lowest BCUT2D eigenvalue weighted by Gasteiger charge is -2.37. The van der Waals surface area contributed by atoms with Gasteiger partial charge in [-0.05, 0) is 43.0 Å². The molecule has 0 saturated heterocycles. The lowest BCUT2D eigenvalue weighted by molar-refractivity contribution is -0.129. The standard InChI is InChI=1S/C20H26ClN3O/c1-3-17(18-11-14-22-24(18)2)23-19(25)20(12-5-4-6-13-20)15-7-9-16(21)10-8-15/h7-11,14,17H,3-6,12-13H2,1-2H3,(H,23,25). The summed E-state index contributed by atoms with van der Waals surface area (Å²) >= 11 is 6.06. The number of hydrogen-bond acceptors (Lipinski definition) is 2. The third kappa shape index (κ3) is 3.59. The van der Waals surface area contributed by atoms with E-state index < -0.39 is 5.41 Å². The van der Waals surface area contributed by atoms with Crippen LogP contribution >= 0.6 is 11.6 Å². The first-order chi connectivity index (χ1) is 12.1. The average molecular weight is 360 g/mol. The third-order valence-corrected chi connectivity index (χ3v) is 5.72. The number of rotatable bonds is 5. The van der Waals surface area contributed by atoms with Crippen LogP contribution in [0, 0.1) is 0 Å². The number of nitrogens with zero attached hydrogens (tertiary/aromatic N) is 2. The highest BCUT2D eigenvalue weighted by Crippen LogP contribution is 2.40. The summed E-state index contributed by atoms with van der Waals surface area (Å²) in [6.45, 7) is 2.09. The van der Waals surface area contributed by atoms with Crippen LogP contribution in [0.3, 0.4) is 0 Å². The number of aromatic nitrogens is 2. The van der Waals surface area contributed by atoms with E-state index in [1.54, 1.807) is 6.20 Å². The fourth-order valence-corrected chi connectivity index (χ4v) is 4.10. The van der Waals surface area contributed by atoms with Crippen molar-refractivity contribution in [3.63, 3.8) is 0 Å². The van der Waals surface area contributed by atoms with E-state index in [1.807, 2.05) is 42.1 Å². The summed E-state index contributed by atoms with van der Waals surface area (Å²) in [4.78, 5) is 13.4. The van der Waals surface area contributed by atoms with Crippen LogP contribution in [0.4, 0.5) is 0 Å². The van der Waals surface area contributed by atoms with E-state index >= 15 is 0 Å². The first-order valence-electron chi connectivity index (χ1n) is 9.12. The molecule has 5 heteroatoms. The minimum Gasteiger partial charge on any atom is -0.347 e. The molecule has 1 N–H and O–H groups in total. The zero-order valence-corrected chi connectivity index (χ0v) is 15.7. The van der Waals surface area contributed by atoms with E-state index in [9.17, 15) is 4.79 Å². The number of benzene rings is 1. The molecule has 1 atom stereocenters. The predicted octanol–water partition coefficient (Wildman–Crippen LogP) is 4.54. The SMILES string of the molecule is CCC(NC(=O)C1(c2ccc(Cl)cc2)CCCCC1)c1ccnn1C. The predicted molar refractivity (Wildman–Crippen MR) is 101 cm³/mol. The molecule has 0 radical (unpaired) electrons. The Labute approximate surface area is 154 Å². The zero-order chi connectivity index (χ0) is 17.9. The van der Waals surface area contributed by atoms with Gasteiger partial charge in [-0.25, -0.2) is 0 Å². The number of hydrogen-bond donors (Lipinski definition) is 1. The monoisotopic (exact) mass is 359 g/mol. The van der Waals surface area contributed by atoms with Gasteiger partial charge in [-0.3, -0.25) is 9.48 Å². The Morgan fingerprint density at radius 2 is 1.92 bits per heavy atom. The van der Waals surface area contributed by atoms with Crippen LogP contribution in [-0.2, 0) is 17.3 Å². The van der Waals surface area contributed by atoms with Crippen LogP contribution in [0.1, 0.15) is 62.7 Å². The summed E-state index contributed by atoms with van der Waals surface area (Å²) in [5.74, 6) is 0.127. The molecular formula is C20H26ClN3O. The highest BCUT2D eigenvalue weighted by molar-refractivity contribution is 6.30.